The molecule has 1 unspecified atom stereocenters. The number of aryl methyl sites for hydroxylation is 1. The second kappa shape index (κ2) is 6.80. The van der Waals surface area contributed by atoms with Crippen molar-refractivity contribution in [2.75, 3.05) is 13.1 Å². The molecule has 0 aromatic carbocycles. The van der Waals surface area contributed by atoms with Crippen LogP contribution in [0.4, 0.5) is 0 Å². The highest BCUT2D eigenvalue weighted by atomic mass is 15.1. The average molecular weight is 235 g/mol. The van der Waals surface area contributed by atoms with Crippen molar-refractivity contribution in [3.63, 3.8) is 0 Å². The van der Waals surface area contributed by atoms with Crippen LogP contribution in [0.25, 0.3) is 0 Å². The first-order valence-corrected chi connectivity index (χ1v) is 7.12. The van der Waals surface area contributed by atoms with Gasteiger partial charge in [0.2, 0.25) is 0 Å². The number of rotatable bonds is 6. The number of hydrogen-bond donors (Lipinski definition) is 1. The molecule has 2 heterocycles. The molecule has 96 valence electrons. The van der Waals surface area contributed by atoms with E-state index in [4.69, 9.17) is 0 Å². The van der Waals surface area contributed by atoms with E-state index >= 15 is 0 Å². The first kappa shape index (κ1) is 12.6. The summed E-state index contributed by atoms with van der Waals surface area (Å²) in [7, 11) is 0. The van der Waals surface area contributed by atoms with Gasteiger partial charge < -0.3 is 9.88 Å². The molecule has 2 rings (SSSR count). The van der Waals surface area contributed by atoms with Crippen LogP contribution in [0.2, 0.25) is 0 Å². The minimum Gasteiger partial charge on any atom is -0.334 e. The maximum absolute atomic E-state index is 4.33. The molecule has 1 atom stereocenters. The fourth-order valence-corrected chi connectivity index (χ4v) is 2.67. The van der Waals surface area contributed by atoms with Crippen LogP contribution in [0.1, 0.15) is 57.1 Å². The normalized spacial score (nSPS) is 20.6. The molecule has 1 aliphatic rings. The SMILES string of the molecule is CCCCCCn1cncc1C1CCCNC1. The van der Waals surface area contributed by atoms with Crippen molar-refractivity contribution in [2.45, 2.75) is 57.9 Å². The Morgan fingerprint density at radius 2 is 2.35 bits per heavy atom. The summed E-state index contributed by atoms with van der Waals surface area (Å²) in [5.74, 6) is 0.678. The summed E-state index contributed by atoms with van der Waals surface area (Å²) in [5, 5.41) is 3.49. The van der Waals surface area contributed by atoms with Crippen molar-refractivity contribution < 1.29 is 0 Å². The third-order valence-electron chi connectivity index (χ3n) is 3.71. The Morgan fingerprint density at radius 3 is 3.12 bits per heavy atom. The zero-order chi connectivity index (χ0) is 11.9. The van der Waals surface area contributed by atoms with Gasteiger partial charge in [-0.15, -0.1) is 0 Å². The third kappa shape index (κ3) is 3.56. The Morgan fingerprint density at radius 1 is 1.41 bits per heavy atom. The van der Waals surface area contributed by atoms with E-state index in [0.717, 1.165) is 13.1 Å². The number of unbranched alkanes of at least 4 members (excludes halogenated alkanes) is 3. The molecule has 0 saturated carbocycles. The van der Waals surface area contributed by atoms with Crippen molar-refractivity contribution in [1.29, 1.82) is 0 Å². The quantitative estimate of drug-likeness (QED) is 0.768. The molecule has 0 spiro atoms. The lowest BCUT2D eigenvalue weighted by Gasteiger charge is -2.23. The zero-order valence-electron chi connectivity index (χ0n) is 11.0. The van der Waals surface area contributed by atoms with E-state index in [9.17, 15) is 0 Å². The Kier molecular flexibility index (Phi) is 5.05. The highest BCUT2D eigenvalue weighted by Crippen LogP contribution is 2.23. The van der Waals surface area contributed by atoms with Gasteiger partial charge >= 0.3 is 0 Å². The van der Waals surface area contributed by atoms with E-state index in [1.807, 2.05) is 6.33 Å². The van der Waals surface area contributed by atoms with Gasteiger partial charge in [-0.3, -0.25) is 0 Å². The standard InChI is InChI=1S/C14H25N3/c1-2-3-4-5-9-17-12-16-11-14(17)13-7-6-8-15-10-13/h11-13,15H,2-10H2,1H3. The lowest BCUT2D eigenvalue weighted by Crippen LogP contribution is -2.29. The van der Waals surface area contributed by atoms with E-state index < -0.39 is 0 Å². The summed E-state index contributed by atoms with van der Waals surface area (Å²) in [6.45, 7) is 5.71. The van der Waals surface area contributed by atoms with E-state index in [2.05, 4.69) is 28.0 Å². The summed E-state index contributed by atoms with van der Waals surface area (Å²) in [6, 6.07) is 0. The lowest BCUT2D eigenvalue weighted by molar-refractivity contribution is 0.436. The Balaban J connectivity index is 1.87. The Hall–Kier alpha value is -0.830. The fraction of sp³-hybridized carbons (Fsp3) is 0.786. The summed E-state index contributed by atoms with van der Waals surface area (Å²) < 4.78 is 2.37. The van der Waals surface area contributed by atoms with Crippen molar-refractivity contribution in [3.05, 3.63) is 18.2 Å². The maximum atomic E-state index is 4.33. The molecular formula is C14H25N3. The predicted octanol–water partition coefficient (Wildman–Crippen LogP) is 2.93. The number of imidazole rings is 1. The average Bonchev–Trinajstić information content (AvgIpc) is 2.84. The van der Waals surface area contributed by atoms with Gasteiger partial charge in [0.15, 0.2) is 0 Å². The number of nitrogens with zero attached hydrogens (tertiary/aromatic N) is 2. The van der Waals surface area contributed by atoms with E-state index in [-0.39, 0.29) is 0 Å². The van der Waals surface area contributed by atoms with Gasteiger partial charge in [-0.05, 0) is 25.8 Å². The summed E-state index contributed by atoms with van der Waals surface area (Å²) in [6.07, 6.45) is 12.0. The van der Waals surface area contributed by atoms with E-state index in [1.165, 1.54) is 50.8 Å². The summed E-state index contributed by atoms with van der Waals surface area (Å²) >= 11 is 0. The molecule has 1 aromatic rings. The maximum Gasteiger partial charge on any atom is 0.0948 e. The van der Waals surface area contributed by atoms with Crippen molar-refractivity contribution in [1.82, 2.24) is 14.9 Å². The lowest BCUT2D eigenvalue weighted by atomic mass is 9.96. The van der Waals surface area contributed by atoms with Crippen LogP contribution >= 0.6 is 0 Å². The molecule has 1 aromatic heterocycles. The van der Waals surface area contributed by atoms with Gasteiger partial charge in [-0.25, -0.2) is 4.98 Å². The molecule has 0 amide bonds. The topological polar surface area (TPSA) is 29.9 Å². The number of hydrogen-bond acceptors (Lipinski definition) is 2. The van der Waals surface area contributed by atoms with Crippen LogP contribution in [0.3, 0.4) is 0 Å². The monoisotopic (exact) mass is 235 g/mol. The van der Waals surface area contributed by atoms with Crippen LogP contribution in [0.5, 0.6) is 0 Å². The zero-order valence-corrected chi connectivity index (χ0v) is 11.0. The molecule has 3 heteroatoms. The second-order valence-electron chi connectivity index (χ2n) is 5.12. The molecule has 1 aliphatic heterocycles. The molecule has 17 heavy (non-hydrogen) atoms. The molecule has 0 radical (unpaired) electrons. The minimum absolute atomic E-state index is 0.678. The molecule has 1 fully saturated rings. The largest absolute Gasteiger partial charge is 0.334 e. The van der Waals surface area contributed by atoms with E-state index in [1.54, 1.807) is 0 Å². The first-order chi connectivity index (χ1) is 8.42. The van der Waals surface area contributed by atoms with Gasteiger partial charge in [0.25, 0.3) is 0 Å². The highest BCUT2D eigenvalue weighted by Gasteiger charge is 2.18. The van der Waals surface area contributed by atoms with Crippen LogP contribution in [0, 0.1) is 0 Å². The third-order valence-corrected chi connectivity index (χ3v) is 3.71. The molecule has 1 N–H and O–H groups in total. The van der Waals surface area contributed by atoms with Crippen molar-refractivity contribution in [2.24, 2.45) is 0 Å². The molecule has 3 nitrogen and oxygen atoms in total. The second-order valence-corrected chi connectivity index (χ2v) is 5.12. The van der Waals surface area contributed by atoms with Crippen LogP contribution in [-0.2, 0) is 6.54 Å². The van der Waals surface area contributed by atoms with Crippen molar-refractivity contribution in [3.8, 4) is 0 Å². The predicted molar refractivity (Wildman–Crippen MR) is 71.2 cm³/mol. The number of piperidine rings is 1. The van der Waals surface area contributed by atoms with Gasteiger partial charge in [0.05, 0.1) is 6.33 Å². The Labute approximate surface area is 105 Å². The number of nitrogens with one attached hydrogen (secondary N) is 1. The smallest absolute Gasteiger partial charge is 0.0948 e. The van der Waals surface area contributed by atoms with E-state index in [0.29, 0.717) is 5.92 Å². The minimum atomic E-state index is 0.678. The van der Waals surface area contributed by atoms with Gasteiger partial charge in [0, 0.05) is 30.9 Å². The summed E-state index contributed by atoms with van der Waals surface area (Å²) in [5.41, 5.74) is 1.44. The van der Waals surface area contributed by atoms with Crippen LogP contribution in [0.15, 0.2) is 12.5 Å². The van der Waals surface area contributed by atoms with Gasteiger partial charge in [-0.1, -0.05) is 26.2 Å². The summed E-state index contributed by atoms with van der Waals surface area (Å²) in [4.78, 5) is 4.33. The van der Waals surface area contributed by atoms with Crippen molar-refractivity contribution >= 4 is 0 Å². The molecule has 1 saturated heterocycles. The first-order valence-electron chi connectivity index (χ1n) is 7.12. The molecule has 0 aliphatic carbocycles. The van der Waals surface area contributed by atoms with Gasteiger partial charge in [-0.2, -0.15) is 0 Å². The van der Waals surface area contributed by atoms with Crippen LogP contribution in [-0.4, -0.2) is 22.6 Å². The van der Waals surface area contributed by atoms with Crippen LogP contribution < -0.4 is 5.32 Å². The highest BCUT2D eigenvalue weighted by molar-refractivity contribution is 5.08. The number of aromatic nitrogens is 2. The van der Waals surface area contributed by atoms with Gasteiger partial charge in [0.1, 0.15) is 0 Å². The molecule has 0 bridgehead atoms. The Bertz CT molecular complexity index is 313. The fourth-order valence-electron chi connectivity index (χ4n) is 2.67. The molecular weight excluding hydrogens is 210 g/mol.